The highest BCUT2D eigenvalue weighted by Gasteiger charge is 2.22. The van der Waals surface area contributed by atoms with Crippen molar-refractivity contribution in [1.29, 1.82) is 0 Å². The maximum absolute atomic E-state index is 13.2. The third kappa shape index (κ3) is 2.99. The molecule has 0 saturated heterocycles. The molecular formula is C11H9F2N3O4S. The first-order valence-electron chi connectivity index (χ1n) is 5.44. The van der Waals surface area contributed by atoms with Crippen molar-refractivity contribution in [2.75, 3.05) is 4.72 Å². The third-order valence-corrected chi connectivity index (χ3v) is 3.85. The molecule has 0 bridgehead atoms. The maximum atomic E-state index is 13.2. The van der Waals surface area contributed by atoms with Crippen LogP contribution in [0.25, 0.3) is 0 Å². The predicted octanol–water partition coefficient (Wildman–Crippen LogP) is 1.20. The molecule has 0 saturated carbocycles. The summed E-state index contributed by atoms with van der Waals surface area (Å²) < 4.78 is 53.4. The van der Waals surface area contributed by atoms with Crippen molar-refractivity contribution in [2.45, 2.75) is 4.90 Å². The molecule has 0 atom stereocenters. The van der Waals surface area contributed by atoms with Gasteiger partial charge in [-0.2, -0.15) is 5.10 Å². The zero-order valence-corrected chi connectivity index (χ0v) is 11.4. The summed E-state index contributed by atoms with van der Waals surface area (Å²) in [4.78, 5) is 10.7. The lowest BCUT2D eigenvalue weighted by molar-refractivity contribution is 0.0697. The third-order valence-electron chi connectivity index (χ3n) is 2.53. The Morgan fingerprint density at radius 3 is 2.48 bits per heavy atom. The zero-order valence-electron chi connectivity index (χ0n) is 10.5. The number of halogens is 2. The van der Waals surface area contributed by atoms with E-state index in [1.807, 2.05) is 4.72 Å². The Morgan fingerprint density at radius 1 is 1.33 bits per heavy atom. The molecule has 112 valence electrons. The van der Waals surface area contributed by atoms with Crippen LogP contribution in [0.1, 0.15) is 10.4 Å². The number of benzene rings is 1. The lowest BCUT2D eigenvalue weighted by Crippen LogP contribution is -2.16. The number of rotatable bonds is 4. The SMILES string of the molecule is Cn1cc(S(=O)(=O)Nc2cc(F)c(F)cc2C(=O)O)cn1. The lowest BCUT2D eigenvalue weighted by atomic mass is 10.2. The van der Waals surface area contributed by atoms with Gasteiger partial charge in [-0.05, 0) is 6.07 Å². The number of carbonyl (C=O) groups is 1. The van der Waals surface area contributed by atoms with Crippen molar-refractivity contribution < 1.29 is 27.1 Å². The molecular weight excluding hydrogens is 308 g/mol. The van der Waals surface area contributed by atoms with Crippen LogP contribution < -0.4 is 4.72 Å². The van der Waals surface area contributed by atoms with Crippen LogP contribution in [0.15, 0.2) is 29.4 Å². The average molecular weight is 317 g/mol. The van der Waals surface area contributed by atoms with Crippen molar-refractivity contribution >= 4 is 21.7 Å². The van der Waals surface area contributed by atoms with E-state index in [4.69, 9.17) is 5.11 Å². The van der Waals surface area contributed by atoms with Crippen LogP contribution in [0.2, 0.25) is 0 Å². The van der Waals surface area contributed by atoms with Crippen molar-refractivity contribution in [1.82, 2.24) is 9.78 Å². The molecule has 0 amide bonds. The van der Waals surface area contributed by atoms with Crippen LogP contribution in [0.3, 0.4) is 0 Å². The van der Waals surface area contributed by atoms with Gasteiger partial charge < -0.3 is 5.11 Å². The Morgan fingerprint density at radius 2 is 1.95 bits per heavy atom. The molecule has 0 aliphatic heterocycles. The fraction of sp³-hybridized carbons (Fsp3) is 0.0909. The second kappa shape index (κ2) is 5.13. The smallest absolute Gasteiger partial charge is 0.337 e. The highest BCUT2D eigenvalue weighted by atomic mass is 32.2. The number of hydrogen-bond acceptors (Lipinski definition) is 4. The summed E-state index contributed by atoms with van der Waals surface area (Å²) in [7, 11) is -2.68. The topological polar surface area (TPSA) is 101 Å². The van der Waals surface area contributed by atoms with E-state index in [9.17, 15) is 22.0 Å². The molecule has 0 unspecified atom stereocenters. The van der Waals surface area contributed by atoms with Crippen molar-refractivity contribution in [2.24, 2.45) is 7.05 Å². The maximum Gasteiger partial charge on any atom is 0.337 e. The van der Waals surface area contributed by atoms with Crippen LogP contribution in [0.4, 0.5) is 14.5 Å². The minimum Gasteiger partial charge on any atom is -0.478 e. The Bertz CT molecular complexity index is 817. The minimum absolute atomic E-state index is 0.244. The largest absolute Gasteiger partial charge is 0.478 e. The van der Waals surface area contributed by atoms with Gasteiger partial charge >= 0.3 is 5.97 Å². The molecule has 0 radical (unpaired) electrons. The Hall–Kier alpha value is -2.49. The average Bonchev–Trinajstić information content (AvgIpc) is 2.80. The fourth-order valence-corrected chi connectivity index (χ4v) is 2.60. The summed E-state index contributed by atoms with van der Waals surface area (Å²) in [5.41, 5.74) is -1.29. The normalized spacial score (nSPS) is 11.4. The van der Waals surface area contributed by atoms with E-state index in [2.05, 4.69) is 5.10 Å². The van der Waals surface area contributed by atoms with Crippen LogP contribution >= 0.6 is 0 Å². The second-order valence-electron chi connectivity index (χ2n) is 4.07. The van der Waals surface area contributed by atoms with Crippen LogP contribution in [0.5, 0.6) is 0 Å². The highest BCUT2D eigenvalue weighted by molar-refractivity contribution is 7.92. The van der Waals surface area contributed by atoms with E-state index in [1.165, 1.54) is 17.9 Å². The van der Waals surface area contributed by atoms with Crippen molar-refractivity contribution in [3.8, 4) is 0 Å². The summed E-state index contributed by atoms with van der Waals surface area (Å²) in [6.07, 6.45) is 2.20. The number of aromatic nitrogens is 2. The Kier molecular flexibility index (Phi) is 3.64. The van der Waals surface area contributed by atoms with E-state index < -0.39 is 38.9 Å². The molecule has 0 fully saturated rings. The molecule has 2 rings (SSSR count). The minimum atomic E-state index is -4.16. The number of carboxylic acids is 1. The molecule has 1 aromatic heterocycles. The number of aromatic carboxylic acids is 1. The van der Waals surface area contributed by atoms with Gasteiger partial charge in [0.25, 0.3) is 10.0 Å². The zero-order chi connectivity index (χ0) is 15.8. The number of nitrogens with one attached hydrogen (secondary N) is 1. The summed E-state index contributed by atoms with van der Waals surface area (Å²) in [6.45, 7) is 0. The van der Waals surface area contributed by atoms with Crippen LogP contribution in [0, 0.1) is 11.6 Å². The lowest BCUT2D eigenvalue weighted by Gasteiger charge is -2.09. The van der Waals surface area contributed by atoms with Crippen molar-refractivity contribution in [3.05, 3.63) is 41.7 Å². The highest BCUT2D eigenvalue weighted by Crippen LogP contribution is 2.23. The Labute approximate surface area is 117 Å². The summed E-state index contributed by atoms with van der Waals surface area (Å²) >= 11 is 0. The van der Waals surface area contributed by atoms with E-state index in [0.717, 1.165) is 6.20 Å². The summed E-state index contributed by atoms with van der Waals surface area (Å²) in [5.74, 6) is -4.36. The summed E-state index contributed by atoms with van der Waals surface area (Å²) in [5, 5.41) is 12.6. The first-order valence-corrected chi connectivity index (χ1v) is 6.93. The first kappa shape index (κ1) is 14.9. The first-order chi connectivity index (χ1) is 9.70. The van der Waals surface area contributed by atoms with E-state index in [0.29, 0.717) is 12.1 Å². The van der Waals surface area contributed by atoms with Gasteiger partial charge in [-0.15, -0.1) is 0 Å². The molecule has 21 heavy (non-hydrogen) atoms. The van der Waals surface area contributed by atoms with E-state index in [1.54, 1.807) is 0 Å². The number of hydrogen-bond donors (Lipinski definition) is 2. The van der Waals surface area contributed by atoms with E-state index in [-0.39, 0.29) is 4.90 Å². The molecule has 1 aromatic carbocycles. The molecule has 10 heteroatoms. The van der Waals surface area contributed by atoms with Crippen LogP contribution in [-0.2, 0) is 17.1 Å². The molecule has 2 aromatic rings. The quantitative estimate of drug-likeness (QED) is 0.882. The Balaban J connectivity index is 2.48. The van der Waals surface area contributed by atoms with Gasteiger partial charge in [-0.3, -0.25) is 9.40 Å². The van der Waals surface area contributed by atoms with Gasteiger partial charge in [0.15, 0.2) is 11.6 Å². The predicted molar refractivity (Wildman–Crippen MR) is 67.3 cm³/mol. The molecule has 1 heterocycles. The second-order valence-corrected chi connectivity index (χ2v) is 5.75. The summed E-state index contributed by atoms with van der Waals surface area (Å²) in [6, 6.07) is 0.867. The molecule has 0 aliphatic carbocycles. The molecule has 0 spiro atoms. The number of nitrogens with zero attached hydrogens (tertiary/aromatic N) is 2. The number of aryl methyl sites for hydroxylation is 1. The van der Waals surface area contributed by atoms with Gasteiger partial charge in [0.2, 0.25) is 0 Å². The molecule has 0 aliphatic rings. The number of carboxylic acid groups (broad SMARTS) is 1. The standard InChI is InChI=1S/C11H9F2N3O4S/c1-16-5-6(4-14-16)21(19,20)15-10-3-9(13)8(12)2-7(10)11(17)18/h2-5,15H,1H3,(H,17,18). The molecule has 2 N–H and O–H groups in total. The van der Waals surface area contributed by atoms with Gasteiger partial charge in [-0.25, -0.2) is 22.0 Å². The van der Waals surface area contributed by atoms with Gasteiger partial charge in [0.1, 0.15) is 4.90 Å². The van der Waals surface area contributed by atoms with Gasteiger partial charge in [0, 0.05) is 19.3 Å². The van der Waals surface area contributed by atoms with Gasteiger partial charge in [-0.1, -0.05) is 0 Å². The number of anilines is 1. The van der Waals surface area contributed by atoms with E-state index >= 15 is 0 Å². The van der Waals surface area contributed by atoms with Crippen LogP contribution in [-0.4, -0.2) is 29.3 Å². The monoisotopic (exact) mass is 317 g/mol. The van der Waals surface area contributed by atoms with Crippen molar-refractivity contribution in [3.63, 3.8) is 0 Å². The van der Waals surface area contributed by atoms with Gasteiger partial charge in [0.05, 0.1) is 17.4 Å². The number of sulfonamides is 1. The fourth-order valence-electron chi connectivity index (χ4n) is 1.55. The molecule has 7 nitrogen and oxygen atoms in total.